The summed E-state index contributed by atoms with van der Waals surface area (Å²) in [4.78, 5) is 24.6. The molecule has 5 nitrogen and oxygen atoms in total. The summed E-state index contributed by atoms with van der Waals surface area (Å²) in [5, 5.41) is 6.41. The average Bonchev–Trinajstić information content (AvgIpc) is 2.60. The summed E-state index contributed by atoms with van der Waals surface area (Å²) in [5.74, 6) is -2.46. The van der Waals surface area contributed by atoms with E-state index in [2.05, 4.69) is 10.4 Å². The van der Waals surface area contributed by atoms with Crippen molar-refractivity contribution in [3.05, 3.63) is 85.3 Å². The molecule has 0 aliphatic rings. The smallest absolute Gasteiger partial charge is 0.280 e. The van der Waals surface area contributed by atoms with Crippen LogP contribution in [0.4, 0.5) is 14.5 Å². The van der Waals surface area contributed by atoms with Gasteiger partial charge in [0.25, 0.3) is 5.91 Å². The van der Waals surface area contributed by atoms with E-state index in [1.807, 2.05) is 6.07 Å². The Kier molecular flexibility index (Phi) is 5.12. The summed E-state index contributed by atoms with van der Waals surface area (Å²) >= 11 is 1.52. The van der Waals surface area contributed by atoms with Gasteiger partial charge in [0.1, 0.15) is 11.6 Å². The number of nitrogens with one attached hydrogen (secondary N) is 1. The number of hydrogen-bond acceptors (Lipinski definition) is 3. The van der Waals surface area contributed by atoms with Crippen molar-refractivity contribution in [3.8, 4) is 5.69 Å². The molecule has 1 N–H and O–H groups in total. The van der Waals surface area contributed by atoms with Crippen LogP contribution in [0, 0.1) is 22.1 Å². The van der Waals surface area contributed by atoms with Gasteiger partial charge in [-0.15, -0.1) is 0 Å². The lowest BCUT2D eigenvalue weighted by atomic mass is 10.2. The highest BCUT2D eigenvalue weighted by molar-refractivity contribution is 14.1. The van der Waals surface area contributed by atoms with Crippen molar-refractivity contribution < 1.29 is 13.6 Å². The van der Waals surface area contributed by atoms with Gasteiger partial charge in [-0.25, -0.2) is 13.5 Å². The van der Waals surface area contributed by atoms with Crippen LogP contribution in [-0.4, -0.2) is 15.7 Å². The van der Waals surface area contributed by atoms with E-state index in [1.165, 1.54) is 33.3 Å². The second-order valence-corrected chi connectivity index (χ2v) is 6.53. The molecule has 2 aromatic carbocycles. The molecule has 0 radical (unpaired) electrons. The van der Waals surface area contributed by atoms with E-state index in [9.17, 15) is 18.4 Å². The molecule has 0 aliphatic carbocycles. The molecule has 0 saturated heterocycles. The fourth-order valence-electron chi connectivity index (χ4n) is 2.35. The molecule has 26 heavy (non-hydrogen) atoms. The maximum absolute atomic E-state index is 13.6. The van der Waals surface area contributed by atoms with Gasteiger partial charge in [-0.3, -0.25) is 9.59 Å². The van der Waals surface area contributed by atoms with Crippen molar-refractivity contribution in [2.75, 3.05) is 5.32 Å². The number of rotatable bonds is 3. The molecule has 0 aliphatic heterocycles. The Morgan fingerprint density at radius 1 is 1.12 bits per heavy atom. The van der Waals surface area contributed by atoms with E-state index in [-0.39, 0.29) is 15.0 Å². The zero-order valence-electron chi connectivity index (χ0n) is 13.5. The molecule has 0 bridgehead atoms. The number of para-hydroxylation sites is 1. The number of nitrogens with zero attached hydrogens (tertiary/aromatic N) is 2. The van der Waals surface area contributed by atoms with Crippen molar-refractivity contribution in [1.82, 2.24) is 9.78 Å². The Bertz CT molecular complexity index is 1030. The second kappa shape index (κ2) is 7.32. The molecular weight excluding hydrogens is 455 g/mol. The van der Waals surface area contributed by atoms with Gasteiger partial charge in [-0.1, -0.05) is 18.2 Å². The van der Waals surface area contributed by atoms with E-state index in [0.717, 1.165) is 12.1 Å². The third-order valence-electron chi connectivity index (χ3n) is 3.56. The second-order valence-electron chi connectivity index (χ2n) is 5.45. The highest BCUT2D eigenvalue weighted by atomic mass is 127. The summed E-state index contributed by atoms with van der Waals surface area (Å²) < 4.78 is 28.5. The SMILES string of the molecule is Cc1cc(=O)c(C(=O)Nc2cc(F)c(I)c(F)c2)nn1-c1ccccc1. The van der Waals surface area contributed by atoms with E-state index in [4.69, 9.17) is 0 Å². The van der Waals surface area contributed by atoms with Gasteiger partial charge in [-0.2, -0.15) is 5.10 Å². The number of anilines is 1. The molecule has 1 amide bonds. The first-order valence-electron chi connectivity index (χ1n) is 7.49. The van der Waals surface area contributed by atoms with Crippen LogP contribution in [0.2, 0.25) is 0 Å². The van der Waals surface area contributed by atoms with Gasteiger partial charge in [0, 0.05) is 17.4 Å². The van der Waals surface area contributed by atoms with Crippen molar-refractivity contribution in [2.24, 2.45) is 0 Å². The molecule has 1 aromatic heterocycles. The standard InChI is InChI=1S/C18H12F2IN3O2/c1-10-7-15(25)17(23-24(10)12-5-3-2-4-6-12)18(26)22-11-8-13(19)16(21)14(20)9-11/h2-9H,1H3,(H,22,26). The highest BCUT2D eigenvalue weighted by Gasteiger charge is 2.17. The number of hydrogen-bond donors (Lipinski definition) is 1. The first-order valence-corrected chi connectivity index (χ1v) is 8.57. The molecular formula is C18H12F2IN3O2. The van der Waals surface area contributed by atoms with Gasteiger partial charge >= 0.3 is 0 Å². The Labute approximate surface area is 160 Å². The summed E-state index contributed by atoms with van der Waals surface area (Å²) in [7, 11) is 0. The summed E-state index contributed by atoms with van der Waals surface area (Å²) in [6.45, 7) is 1.69. The van der Waals surface area contributed by atoms with E-state index in [0.29, 0.717) is 11.4 Å². The molecule has 1 heterocycles. The molecule has 8 heteroatoms. The van der Waals surface area contributed by atoms with Crippen LogP contribution in [-0.2, 0) is 0 Å². The minimum absolute atomic E-state index is 0.0987. The number of amides is 1. The van der Waals surface area contributed by atoms with Crippen LogP contribution in [0.15, 0.2) is 53.3 Å². The normalized spacial score (nSPS) is 10.6. The predicted octanol–water partition coefficient (Wildman–Crippen LogP) is 3.68. The molecule has 3 aromatic rings. The number of aromatic nitrogens is 2. The number of halogens is 3. The predicted molar refractivity (Wildman–Crippen MR) is 102 cm³/mol. The zero-order chi connectivity index (χ0) is 18.8. The Balaban J connectivity index is 1.99. The van der Waals surface area contributed by atoms with Crippen LogP contribution < -0.4 is 10.7 Å². The number of benzene rings is 2. The maximum Gasteiger partial charge on any atom is 0.280 e. The third-order valence-corrected chi connectivity index (χ3v) is 4.60. The molecule has 0 unspecified atom stereocenters. The minimum atomic E-state index is -0.848. The average molecular weight is 467 g/mol. The van der Waals surface area contributed by atoms with E-state index < -0.39 is 23.0 Å². The summed E-state index contributed by atoms with van der Waals surface area (Å²) in [5.41, 5.74) is 0.158. The van der Waals surface area contributed by atoms with Crippen molar-refractivity contribution in [3.63, 3.8) is 0 Å². The zero-order valence-corrected chi connectivity index (χ0v) is 15.6. The van der Waals surface area contributed by atoms with Crippen LogP contribution in [0.1, 0.15) is 16.2 Å². The third kappa shape index (κ3) is 3.64. The quantitative estimate of drug-likeness (QED) is 0.473. The Hall–Kier alpha value is -2.62. The van der Waals surface area contributed by atoms with Gasteiger partial charge < -0.3 is 5.32 Å². The number of carbonyl (C=O) groups is 1. The van der Waals surface area contributed by atoms with Gasteiger partial charge in [0.15, 0.2) is 5.69 Å². The molecule has 132 valence electrons. The lowest BCUT2D eigenvalue weighted by Gasteiger charge is -2.11. The Morgan fingerprint density at radius 2 is 1.73 bits per heavy atom. The van der Waals surface area contributed by atoms with Crippen LogP contribution in [0.3, 0.4) is 0 Å². The molecule has 3 rings (SSSR count). The fraction of sp³-hybridized carbons (Fsp3) is 0.0556. The van der Waals surface area contributed by atoms with Crippen LogP contribution >= 0.6 is 22.6 Å². The van der Waals surface area contributed by atoms with Crippen molar-refractivity contribution in [2.45, 2.75) is 6.92 Å². The van der Waals surface area contributed by atoms with Gasteiger partial charge in [0.2, 0.25) is 5.43 Å². The Morgan fingerprint density at radius 3 is 2.35 bits per heavy atom. The summed E-state index contributed by atoms with van der Waals surface area (Å²) in [6, 6.07) is 12.2. The molecule has 0 saturated carbocycles. The number of carbonyl (C=O) groups excluding carboxylic acids is 1. The first-order chi connectivity index (χ1) is 12.4. The van der Waals surface area contributed by atoms with E-state index >= 15 is 0 Å². The first kappa shape index (κ1) is 18.2. The lowest BCUT2D eigenvalue weighted by Crippen LogP contribution is -2.27. The highest BCUT2D eigenvalue weighted by Crippen LogP contribution is 2.20. The van der Waals surface area contributed by atoms with Crippen LogP contribution in [0.25, 0.3) is 5.69 Å². The fourth-order valence-corrected chi connectivity index (χ4v) is 2.66. The topological polar surface area (TPSA) is 64.0 Å². The number of aryl methyl sites for hydroxylation is 1. The molecule has 0 spiro atoms. The monoisotopic (exact) mass is 467 g/mol. The van der Waals surface area contributed by atoms with Crippen molar-refractivity contribution >= 4 is 34.2 Å². The van der Waals surface area contributed by atoms with Gasteiger partial charge in [-0.05, 0) is 53.8 Å². The van der Waals surface area contributed by atoms with Crippen molar-refractivity contribution in [1.29, 1.82) is 0 Å². The molecule has 0 atom stereocenters. The summed E-state index contributed by atoms with van der Waals surface area (Å²) in [6.07, 6.45) is 0. The van der Waals surface area contributed by atoms with Crippen LogP contribution in [0.5, 0.6) is 0 Å². The largest absolute Gasteiger partial charge is 0.320 e. The molecule has 0 fully saturated rings. The lowest BCUT2D eigenvalue weighted by molar-refractivity contribution is 0.101. The van der Waals surface area contributed by atoms with E-state index in [1.54, 1.807) is 31.2 Å². The van der Waals surface area contributed by atoms with Gasteiger partial charge in [0.05, 0.1) is 9.26 Å². The maximum atomic E-state index is 13.6. The minimum Gasteiger partial charge on any atom is -0.320 e.